The molecule has 8 heteroatoms. The highest BCUT2D eigenvalue weighted by Crippen LogP contribution is 2.37. The lowest BCUT2D eigenvalue weighted by Crippen LogP contribution is -2.01. The van der Waals surface area contributed by atoms with Gasteiger partial charge in [0.25, 0.3) is 0 Å². The van der Waals surface area contributed by atoms with Gasteiger partial charge < -0.3 is 14.3 Å². The molecule has 0 atom stereocenters. The van der Waals surface area contributed by atoms with Crippen LogP contribution in [0.5, 0.6) is 11.5 Å². The van der Waals surface area contributed by atoms with E-state index >= 15 is 0 Å². The standard InChI is InChI=1S/C22H23Cl4NO3/c1-15(2)30-27-14-17-7-5-16(6-8-17)4-3-10-29-22-19(23)12-18(13-20(22)24)28-11-9-21(25)26/h5-9,12-15H,3-4,10-11H2,1-2H3. The van der Waals surface area contributed by atoms with Gasteiger partial charge >= 0.3 is 0 Å². The Bertz CT molecular complexity index is 840. The molecular formula is C22H23Cl4NO3. The van der Waals surface area contributed by atoms with Crippen LogP contribution in [-0.4, -0.2) is 25.5 Å². The number of hydrogen-bond donors (Lipinski definition) is 0. The van der Waals surface area contributed by atoms with Crippen LogP contribution in [0.3, 0.4) is 0 Å². The molecule has 0 aliphatic rings. The first-order valence-electron chi connectivity index (χ1n) is 9.39. The summed E-state index contributed by atoms with van der Waals surface area (Å²) in [4.78, 5) is 5.16. The van der Waals surface area contributed by atoms with E-state index in [1.165, 1.54) is 11.6 Å². The summed E-state index contributed by atoms with van der Waals surface area (Å²) in [5.74, 6) is 0.943. The number of aryl methyl sites for hydroxylation is 1. The molecule has 0 amide bonds. The Labute approximate surface area is 197 Å². The van der Waals surface area contributed by atoms with E-state index in [1.54, 1.807) is 18.3 Å². The molecule has 0 radical (unpaired) electrons. The van der Waals surface area contributed by atoms with Crippen LogP contribution >= 0.6 is 46.4 Å². The van der Waals surface area contributed by atoms with Crippen molar-refractivity contribution in [3.63, 3.8) is 0 Å². The zero-order chi connectivity index (χ0) is 21.9. The zero-order valence-corrected chi connectivity index (χ0v) is 19.7. The highest BCUT2D eigenvalue weighted by atomic mass is 35.5. The maximum absolute atomic E-state index is 6.27. The minimum absolute atomic E-state index is 0.0680. The van der Waals surface area contributed by atoms with Crippen molar-refractivity contribution in [3.05, 3.63) is 68.1 Å². The number of ether oxygens (including phenoxy) is 2. The molecule has 0 bridgehead atoms. The molecule has 0 aromatic heterocycles. The van der Waals surface area contributed by atoms with Crippen molar-refractivity contribution in [2.75, 3.05) is 13.2 Å². The van der Waals surface area contributed by atoms with Crippen LogP contribution in [0.4, 0.5) is 0 Å². The summed E-state index contributed by atoms with van der Waals surface area (Å²) in [7, 11) is 0. The normalized spacial score (nSPS) is 11.0. The molecule has 162 valence electrons. The van der Waals surface area contributed by atoms with Gasteiger partial charge in [-0.15, -0.1) is 0 Å². The first-order valence-corrected chi connectivity index (χ1v) is 10.9. The van der Waals surface area contributed by atoms with E-state index in [0.717, 1.165) is 18.4 Å². The van der Waals surface area contributed by atoms with E-state index in [2.05, 4.69) is 17.3 Å². The molecule has 4 nitrogen and oxygen atoms in total. The van der Waals surface area contributed by atoms with E-state index in [1.807, 2.05) is 26.0 Å². The van der Waals surface area contributed by atoms with Crippen LogP contribution < -0.4 is 9.47 Å². The highest BCUT2D eigenvalue weighted by Gasteiger charge is 2.10. The topological polar surface area (TPSA) is 40.0 Å². The van der Waals surface area contributed by atoms with Gasteiger partial charge in [0.1, 0.15) is 23.0 Å². The molecule has 0 saturated heterocycles. The molecule has 30 heavy (non-hydrogen) atoms. The Hall–Kier alpha value is -1.59. The summed E-state index contributed by atoms with van der Waals surface area (Å²) in [6.07, 6.45) is 4.97. The number of nitrogens with zero attached hydrogens (tertiary/aromatic N) is 1. The van der Waals surface area contributed by atoms with Crippen molar-refractivity contribution in [3.8, 4) is 11.5 Å². The molecule has 0 fully saturated rings. The van der Waals surface area contributed by atoms with E-state index < -0.39 is 0 Å². The second-order valence-corrected chi connectivity index (χ2v) is 8.43. The van der Waals surface area contributed by atoms with Crippen molar-refractivity contribution < 1.29 is 14.3 Å². The summed E-state index contributed by atoms with van der Waals surface area (Å²) in [5, 5.41) is 4.69. The van der Waals surface area contributed by atoms with E-state index in [4.69, 9.17) is 60.7 Å². The summed E-state index contributed by atoms with van der Waals surface area (Å²) < 4.78 is 11.4. The minimum atomic E-state index is 0.0680. The Kier molecular flexibility index (Phi) is 10.7. The molecule has 2 aromatic rings. The third-order valence-corrected chi connectivity index (χ3v) is 4.64. The first-order chi connectivity index (χ1) is 14.3. The molecule has 0 aliphatic heterocycles. The van der Waals surface area contributed by atoms with E-state index in [9.17, 15) is 0 Å². The van der Waals surface area contributed by atoms with Gasteiger partial charge in [-0.2, -0.15) is 0 Å². The van der Waals surface area contributed by atoms with E-state index in [-0.39, 0.29) is 17.2 Å². The molecule has 0 saturated carbocycles. The molecule has 0 spiro atoms. The maximum Gasteiger partial charge on any atom is 0.156 e. The van der Waals surface area contributed by atoms with Crippen molar-refractivity contribution in [2.24, 2.45) is 5.16 Å². The summed E-state index contributed by atoms with van der Waals surface area (Å²) >= 11 is 23.6. The zero-order valence-electron chi connectivity index (χ0n) is 16.7. The fraction of sp³-hybridized carbons (Fsp3) is 0.318. The van der Waals surface area contributed by atoms with Crippen molar-refractivity contribution >= 4 is 52.6 Å². The van der Waals surface area contributed by atoms with Gasteiger partial charge in [-0.3, -0.25) is 0 Å². The van der Waals surface area contributed by atoms with Gasteiger partial charge in [0, 0.05) is 12.1 Å². The monoisotopic (exact) mass is 489 g/mol. The quantitative estimate of drug-likeness (QED) is 0.186. The molecule has 0 unspecified atom stereocenters. The predicted octanol–water partition coefficient (Wildman–Crippen LogP) is 7.46. The summed E-state index contributed by atoms with van der Waals surface area (Å²) in [6.45, 7) is 4.56. The number of halogens is 4. The lowest BCUT2D eigenvalue weighted by Gasteiger charge is -2.12. The second kappa shape index (κ2) is 13.0. The van der Waals surface area contributed by atoms with Gasteiger partial charge in [0.2, 0.25) is 0 Å². The first kappa shape index (κ1) is 24.7. The molecule has 2 aromatic carbocycles. The predicted molar refractivity (Wildman–Crippen MR) is 126 cm³/mol. The van der Waals surface area contributed by atoms with Crippen LogP contribution in [0.25, 0.3) is 0 Å². The fourth-order valence-electron chi connectivity index (χ4n) is 2.39. The van der Waals surface area contributed by atoms with Gasteiger partial charge in [0.05, 0.1) is 22.9 Å². The van der Waals surface area contributed by atoms with Crippen LogP contribution in [0.1, 0.15) is 31.4 Å². The Balaban J connectivity index is 1.81. The van der Waals surface area contributed by atoms with Crippen LogP contribution in [0.2, 0.25) is 10.0 Å². The largest absolute Gasteiger partial charge is 0.490 e. The summed E-state index contributed by atoms with van der Waals surface area (Å²) in [6, 6.07) is 11.4. The van der Waals surface area contributed by atoms with Crippen molar-refractivity contribution in [1.29, 1.82) is 0 Å². The number of oxime groups is 1. The molecule has 0 N–H and O–H groups in total. The average Bonchev–Trinajstić information content (AvgIpc) is 2.67. The Morgan fingerprint density at radius 3 is 2.30 bits per heavy atom. The maximum atomic E-state index is 6.27. The lowest BCUT2D eigenvalue weighted by molar-refractivity contribution is 0.0874. The van der Waals surface area contributed by atoms with Gasteiger partial charge in [-0.05, 0) is 43.9 Å². The molecule has 0 aliphatic carbocycles. The highest BCUT2D eigenvalue weighted by molar-refractivity contribution is 6.55. The minimum Gasteiger partial charge on any atom is -0.490 e. The molecular weight excluding hydrogens is 468 g/mol. The molecule has 2 rings (SSSR count). The summed E-state index contributed by atoms with van der Waals surface area (Å²) in [5.41, 5.74) is 2.19. The van der Waals surface area contributed by atoms with Crippen molar-refractivity contribution in [2.45, 2.75) is 32.8 Å². The smallest absolute Gasteiger partial charge is 0.156 e. The average molecular weight is 491 g/mol. The Morgan fingerprint density at radius 1 is 1.03 bits per heavy atom. The second-order valence-electron chi connectivity index (χ2n) is 6.60. The Morgan fingerprint density at radius 2 is 1.70 bits per heavy atom. The van der Waals surface area contributed by atoms with Crippen LogP contribution in [0, 0.1) is 0 Å². The van der Waals surface area contributed by atoms with Gasteiger partial charge in [-0.1, -0.05) is 75.8 Å². The number of benzene rings is 2. The third kappa shape index (κ3) is 9.05. The van der Waals surface area contributed by atoms with Gasteiger partial charge in [0.15, 0.2) is 5.75 Å². The van der Waals surface area contributed by atoms with Gasteiger partial charge in [-0.25, -0.2) is 0 Å². The SMILES string of the molecule is CC(C)ON=Cc1ccc(CCCOc2c(Cl)cc(OCC=C(Cl)Cl)cc2Cl)cc1. The molecule has 0 heterocycles. The number of rotatable bonds is 11. The van der Waals surface area contributed by atoms with Crippen LogP contribution in [0.15, 0.2) is 52.1 Å². The van der Waals surface area contributed by atoms with E-state index in [0.29, 0.717) is 28.2 Å². The lowest BCUT2D eigenvalue weighted by atomic mass is 10.1. The fourth-order valence-corrected chi connectivity index (χ4v) is 3.09. The number of hydrogen-bond acceptors (Lipinski definition) is 4. The van der Waals surface area contributed by atoms with Crippen molar-refractivity contribution in [1.82, 2.24) is 0 Å². The van der Waals surface area contributed by atoms with Crippen LogP contribution in [-0.2, 0) is 11.3 Å². The third-order valence-electron chi connectivity index (χ3n) is 3.77.